The Labute approximate surface area is 147 Å². The van der Waals surface area contributed by atoms with E-state index in [9.17, 15) is 13.6 Å². The van der Waals surface area contributed by atoms with Crippen LogP contribution in [0.5, 0.6) is 0 Å². The van der Waals surface area contributed by atoms with Crippen LogP contribution in [0.4, 0.5) is 13.6 Å². The number of hydrogen-bond acceptors (Lipinski definition) is 4. The van der Waals surface area contributed by atoms with E-state index in [2.05, 4.69) is 31.2 Å². The van der Waals surface area contributed by atoms with Gasteiger partial charge in [0.2, 0.25) is 0 Å². The molecule has 0 bridgehead atoms. The van der Waals surface area contributed by atoms with Gasteiger partial charge in [-0.3, -0.25) is 0 Å². The summed E-state index contributed by atoms with van der Waals surface area (Å²) in [4.78, 5) is 19.4. The van der Waals surface area contributed by atoms with Crippen molar-refractivity contribution in [1.29, 1.82) is 0 Å². The van der Waals surface area contributed by atoms with Crippen LogP contribution in [0, 0.1) is 11.6 Å². The first-order chi connectivity index (χ1) is 11.4. The molecular weight excluding hydrogens is 404 g/mol. The maximum absolute atomic E-state index is 13.6. The minimum Gasteiger partial charge on any atom is -0.465 e. The number of nitrogens with one attached hydrogen (secondary N) is 1. The highest BCUT2D eigenvalue weighted by molar-refractivity contribution is 9.10. The Morgan fingerprint density at radius 2 is 2.00 bits per heavy atom. The van der Waals surface area contributed by atoms with Crippen molar-refractivity contribution < 1.29 is 18.7 Å². The second-order valence-electron chi connectivity index (χ2n) is 4.97. The van der Waals surface area contributed by atoms with Crippen molar-refractivity contribution in [3.63, 3.8) is 0 Å². The number of carboxylic acid groups (broad SMARTS) is 1. The zero-order valence-electron chi connectivity index (χ0n) is 12.0. The fraction of sp³-hybridized carbons (Fsp3) is 0.133. The molecule has 24 heavy (non-hydrogen) atoms. The van der Waals surface area contributed by atoms with Gasteiger partial charge in [-0.25, -0.2) is 23.5 Å². The van der Waals surface area contributed by atoms with Crippen LogP contribution in [0.2, 0.25) is 0 Å². The average molecular weight is 414 g/mol. The van der Waals surface area contributed by atoms with Crippen molar-refractivity contribution in [1.82, 2.24) is 15.3 Å². The van der Waals surface area contributed by atoms with Crippen LogP contribution in [0.15, 0.2) is 34.2 Å². The van der Waals surface area contributed by atoms with Crippen LogP contribution in [-0.2, 0) is 0 Å². The van der Waals surface area contributed by atoms with E-state index in [4.69, 9.17) is 5.11 Å². The summed E-state index contributed by atoms with van der Waals surface area (Å²) in [5, 5.41) is 11.1. The van der Waals surface area contributed by atoms with Gasteiger partial charge in [-0.05, 0) is 39.7 Å². The van der Waals surface area contributed by atoms with Crippen LogP contribution in [-0.4, -0.2) is 27.7 Å². The number of aromatic nitrogens is 2. The van der Waals surface area contributed by atoms with Gasteiger partial charge < -0.3 is 10.4 Å². The van der Waals surface area contributed by atoms with Gasteiger partial charge in [0, 0.05) is 23.0 Å². The summed E-state index contributed by atoms with van der Waals surface area (Å²) in [7, 11) is 0. The molecule has 124 valence electrons. The monoisotopic (exact) mass is 413 g/mol. The summed E-state index contributed by atoms with van der Waals surface area (Å²) in [5.41, 5.74) is 2.87. The minimum atomic E-state index is -1.23. The fourth-order valence-electron chi connectivity index (χ4n) is 2.37. The van der Waals surface area contributed by atoms with E-state index in [1.807, 2.05) is 0 Å². The Hall–Kier alpha value is -2.13. The Balaban J connectivity index is 2.11. The Morgan fingerprint density at radius 3 is 2.67 bits per heavy atom. The first-order valence-electron chi connectivity index (χ1n) is 6.76. The molecule has 0 unspecified atom stereocenters. The van der Waals surface area contributed by atoms with E-state index in [1.165, 1.54) is 11.3 Å². The minimum absolute atomic E-state index is 0.0839. The standard InChI is InChI=1S/C15H10BrF2N3O2S/c16-11-4-12-14(20-6-24-12)21-13(11)10(5-19-15(22)23)7-1-8(17)3-9(18)2-7/h1-4,6,10,19H,5H2,(H,22,23)/t10-/m0/s1. The van der Waals surface area contributed by atoms with Crippen LogP contribution in [0.1, 0.15) is 17.2 Å². The molecule has 0 radical (unpaired) electrons. The number of nitrogens with zero attached hydrogens (tertiary/aromatic N) is 2. The number of amides is 1. The smallest absolute Gasteiger partial charge is 0.404 e. The third kappa shape index (κ3) is 3.51. The number of halogens is 3. The number of thiazole rings is 1. The zero-order chi connectivity index (χ0) is 17.3. The maximum atomic E-state index is 13.6. The lowest BCUT2D eigenvalue weighted by atomic mass is 9.94. The summed E-state index contributed by atoms with van der Waals surface area (Å²) in [6, 6.07) is 4.89. The molecule has 3 rings (SSSR count). The summed E-state index contributed by atoms with van der Waals surface area (Å²) in [6.45, 7) is -0.0839. The molecule has 1 atom stereocenters. The van der Waals surface area contributed by atoms with Gasteiger partial charge in [0.25, 0.3) is 0 Å². The van der Waals surface area contributed by atoms with E-state index >= 15 is 0 Å². The molecule has 0 fully saturated rings. The number of fused-ring (bicyclic) bond motifs is 1. The molecule has 2 N–H and O–H groups in total. The molecule has 9 heteroatoms. The summed E-state index contributed by atoms with van der Waals surface area (Å²) in [5.74, 6) is -2.15. The van der Waals surface area contributed by atoms with Crippen molar-refractivity contribution in [2.45, 2.75) is 5.92 Å². The molecule has 0 spiro atoms. The van der Waals surface area contributed by atoms with Gasteiger partial charge in [0.05, 0.1) is 15.9 Å². The third-order valence-electron chi connectivity index (χ3n) is 3.38. The van der Waals surface area contributed by atoms with Gasteiger partial charge in [-0.1, -0.05) is 0 Å². The van der Waals surface area contributed by atoms with E-state index in [-0.39, 0.29) is 12.1 Å². The van der Waals surface area contributed by atoms with Crippen molar-refractivity contribution in [2.24, 2.45) is 0 Å². The van der Waals surface area contributed by atoms with Crippen molar-refractivity contribution in [2.75, 3.05) is 6.54 Å². The molecule has 1 aromatic carbocycles. The molecule has 2 aromatic heterocycles. The van der Waals surface area contributed by atoms with Crippen molar-refractivity contribution >= 4 is 43.7 Å². The molecule has 3 aromatic rings. The predicted octanol–water partition coefficient (Wildman–Crippen LogP) is 4.13. The summed E-state index contributed by atoms with van der Waals surface area (Å²) < 4.78 is 28.6. The quantitative estimate of drug-likeness (QED) is 0.673. The Kier molecular flexibility index (Phi) is 4.72. The van der Waals surface area contributed by atoms with Crippen LogP contribution in [0.3, 0.4) is 0 Å². The molecule has 0 saturated heterocycles. The van der Waals surface area contributed by atoms with Gasteiger partial charge in [-0.2, -0.15) is 0 Å². The van der Waals surface area contributed by atoms with Gasteiger partial charge >= 0.3 is 6.09 Å². The van der Waals surface area contributed by atoms with Crippen LogP contribution < -0.4 is 5.32 Å². The zero-order valence-corrected chi connectivity index (χ0v) is 14.4. The van der Waals surface area contributed by atoms with Crippen molar-refractivity contribution in [3.05, 3.63) is 57.1 Å². The van der Waals surface area contributed by atoms with Gasteiger partial charge in [-0.15, -0.1) is 11.3 Å². The molecule has 0 saturated carbocycles. The first kappa shape index (κ1) is 16.7. The second kappa shape index (κ2) is 6.78. The molecule has 5 nitrogen and oxygen atoms in total. The average Bonchev–Trinajstić information content (AvgIpc) is 2.93. The molecule has 0 aliphatic carbocycles. The molecule has 0 aliphatic rings. The number of benzene rings is 1. The fourth-order valence-corrected chi connectivity index (χ4v) is 3.77. The van der Waals surface area contributed by atoms with Crippen LogP contribution >= 0.6 is 27.3 Å². The number of hydrogen-bond donors (Lipinski definition) is 2. The molecule has 0 aliphatic heterocycles. The summed E-state index contributed by atoms with van der Waals surface area (Å²) >= 11 is 4.81. The van der Waals surface area contributed by atoms with E-state index in [0.29, 0.717) is 15.8 Å². The summed E-state index contributed by atoms with van der Waals surface area (Å²) in [6.07, 6.45) is -1.23. The molecule has 1 amide bonds. The second-order valence-corrected chi connectivity index (χ2v) is 6.71. The first-order valence-corrected chi connectivity index (χ1v) is 8.43. The topological polar surface area (TPSA) is 75.1 Å². The van der Waals surface area contributed by atoms with Crippen molar-refractivity contribution in [3.8, 4) is 0 Å². The Bertz CT molecular complexity index is 899. The highest BCUT2D eigenvalue weighted by Gasteiger charge is 2.22. The lowest BCUT2D eigenvalue weighted by molar-refractivity contribution is 0.194. The van der Waals surface area contributed by atoms with Gasteiger partial charge in [0.15, 0.2) is 5.65 Å². The highest BCUT2D eigenvalue weighted by Crippen LogP contribution is 2.32. The largest absolute Gasteiger partial charge is 0.465 e. The van der Waals surface area contributed by atoms with Crippen LogP contribution in [0.25, 0.3) is 10.3 Å². The number of rotatable bonds is 4. The lowest BCUT2D eigenvalue weighted by Crippen LogP contribution is -2.28. The van der Waals surface area contributed by atoms with E-state index in [1.54, 1.807) is 11.6 Å². The third-order valence-corrected chi connectivity index (χ3v) is 4.78. The lowest BCUT2D eigenvalue weighted by Gasteiger charge is -2.18. The highest BCUT2D eigenvalue weighted by atomic mass is 79.9. The number of pyridine rings is 1. The maximum Gasteiger partial charge on any atom is 0.404 e. The van der Waals surface area contributed by atoms with E-state index < -0.39 is 23.6 Å². The van der Waals surface area contributed by atoms with Gasteiger partial charge in [0.1, 0.15) is 11.6 Å². The SMILES string of the molecule is O=C(O)NC[C@@H](c1cc(F)cc(F)c1)c1nc2ncsc2cc1Br. The van der Waals surface area contributed by atoms with E-state index in [0.717, 1.165) is 22.9 Å². The Morgan fingerprint density at radius 1 is 1.29 bits per heavy atom. The normalized spacial score (nSPS) is 12.3. The number of carbonyl (C=O) groups is 1. The molecular formula is C15H10BrF2N3O2S. The molecule has 2 heterocycles. The predicted molar refractivity (Wildman–Crippen MR) is 89.3 cm³/mol.